The SMILES string of the molecule is COc1cccc(C(=O)N(Cc2cc3cccc(C)c3[nH]c2=O)c2cccc(C)c2C)c1. The molecule has 5 nitrogen and oxygen atoms in total. The maximum atomic E-state index is 13.7. The zero-order chi connectivity index (χ0) is 22.8. The van der Waals surface area contributed by atoms with Gasteiger partial charge in [0.25, 0.3) is 11.5 Å². The number of nitrogens with one attached hydrogen (secondary N) is 1. The Morgan fingerprint density at radius 1 is 0.938 bits per heavy atom. The van der Waals surface area contributed by atoms with Crippen LogP contribution in [0.15, 0.2) is 71.5 Å². The number of rotatable bonds is 5. The number of amides is 1. The molecule has 0 fully saturated rings. The minimum atomic E-state index is -0.194. The van der Waals surface area contributed by atoms with Crippen LogP contribution in [0.2, 0.25) is 0 Å². The molecule has 4 aromatic rings. The second-order valence-electron chi connectivity index (χ2n) is 8.01. The molecule has 0 unspecified atom stereocenters. The van der Waals surface area contributed by atoms with Gasteiger partial charge in [-0.05, 0) is 73.2 Å². The number of carbonyl (C=O) groups is 1. The molecule has 3 aromatic carbocycles. The number of fused-ring (bicyclic) bond motifs is 1. The number of aryl methyl sites for hydroxylation is 2. The van der Waals surface area contributed by atoms with Crippen molar-refractivity contribution < 1.29 is 9.53 Å². The molecule has 0 bridgehead atoms. The summed E-state index contributed by atoms with van der Waals surface area (Å²) < 4.78 is 5.30. The molecule has 1 heterocycles. The standard InChI is InChI=1S/C27H26N2O3/c1-17-8-6-13-24(19(17)3)29(27(31)21-11-7-12-23(15-21)32-4)16-22-14-20-10-5-9-18(2)25(20)28-26(22)30/h5-15H,16H2,1-4H3,(H,28,30). The van der Waals surface area contributed by atoms with Crippen LogP contribution >= 0.6 is 0 Å². The number of ether oxygens (including phenoxy) is 1. The molecule has 0 saturated carbocycles. The fourth-order valence-corrected chi connectivity index (χ4v) is 3.92. The number of nitrogens with zero attached hydrogens (tertiary/aromatic N) is 1. The van der Waals surface area contributed by atoms with E-state index in [2.05, 4.69) is 4.98 Å². The lowest BCUT2D eigenvalue weighted by atomic mass is 10.0. The Balaban J connectivity index is 1.84. The summed E-state index contributed by atoms with van der Waals surface area (Å²) in [5.74, 6) is 0.414. The van der Waals surface area contributed by atoms with E-state index in [1.807, 2.05) is 63.2 Å². The zero-order valence-corrected chi connectivity index (χ0v) is 18.7. The fraction of sp³-hybridized carbons (Fsp3) is 0.185. The van der Waals surface area contributed by atoms with Crippen molar-refractivity contribution in [3.8, 4) is 5.75 Å². The number of H-pyrrole nitrogens is 1. The normalized spacial score (nSPS) is 10.9. The summed E-state index contributed by atoms with van der Waals surface area (Å²) >= 11 is 0. The molecule has 162 valence electrons. The van der Waals surface area contributed by atoms with E-state index in [-0.39, 0.29) is 18.0 Å². The average Bonchev–Trinajstić information content (AvgIpc) is 2.80. The summed E-state index contributed by atoms with van der Waals surface area (Å²) in [7, 11) is 1.57. The second kappa shape index (κ2) is 8.71. The molecule has 0 aliphatic rings. The van der Waals surface area contributed by atoms with Crippen LogP contribution in [-0.4, -0.2) is 18.0 Å². The Kier molecular flexibility index (Phi) is 5.82. The molecule has 0 saturated heterocycles. The number of carbonyl (C=O) groups excluding carboxylic acids is 1. The molecule has 1 N–H and O–H groups in total. The number of pyridine rings is 1. The highest BCUT2D eigenvalue weighted by Gasteiger charge is 2.22. The van der Waals surface area contributed by atoms with E-state index in [1.54, 1.807) is 36.3 Å². The third-order valence-electron chi connectivity index (χ3n) is 5.92. The van der Waals surface area contributed by atoms with E-state index >= 15 is 0 Å². The summed E-state index contributed by atoms with van der Waals surface area (Å²) in [4.78, 5) is 31.3. The van der Waals surface area contributed by atoms with E-state index in [1.165, 1.54) is 0 Å². The number of para-hydroxylation sites is 1. The maximum Gasteiger partial charge on any atom is 0.258 e. The highest BCUT2D eigenvalue weighted by Crippen LogP contribution is 2.27. The molecular weight excluding hydrogens is 400 g/mol. The Morgan fingerprint density at radius 2 is 1.66 bits per heavy atom. The van der Waals surface area contributed by atoms with Crippen molar-refractivity contribution in [3.05, 3.63) is 105 Å². The third kappa shape index (κ3) is 4.02. The third-order valence-corrected chi connectivity index (χ3v) is 5.92. The first kappa shape index (κ1) is 21.4. The van der Waals surface area contributed by atoms with Gasteiger partial charge in [-0.1, -0.05) is 36.4 Å². The zero-order valence-electron chi connectivity index (χ0n) is 18.7. The lowest BCUT2D eigenvalue weighted by Gasteiger charge is -2.25. The first-order valence-corrected chi connectivity index (χ1v) is 10.5. The van der Waals surface area contributed by atoms with Gasteiger partial charge in [0, 0.05) is 16.8 Å². The largest absolute Gasteiger partial charge is 0.497 e. The summed E-state index contributed by atoms with van der Waals surface area (Å²) in [5, 5.41) is 0.939. The summed E-state index contributed by atoms with van der Waals surface area (Å²) in [6, 6.07) is 20.7. The van der Waals surface area contributed by atoms with Crippen LogP contribution in [0.25, 0.3) is 10.9 Å². The van der Waals surface area contributed by atoms with Crippen LogP contribution in [0.3, 0.4) is 0 Å². The van der Waals surface area contributed by atoms with Gasteiger partial charge in [0.05, 0.1) is 19.2 Å². The topological polar surface area (TPSA) is 62.4 Å². The smallest absolute Gasteiger partial charge is 0.258 e. The van der Waals surface area contributed by atoms with Crippen LogP contribution in [-0.2, 0) is 6.54 Å². The minimum absolute atomic E-state index is 0.152. The Hall–Kier alpha value is -3.86. The first-order chi connectivity index (χ1) is 15.4. The number of hydrogen-bond donors (Lipinski definition) is 1. The number of methoxy groups -OCH3 is 1. The van der Waals surface area contributed by atoms with E-state index < -0.39 is 0 Å². The maximum absolute atomic E-state index is 13.7. The van der Waals surface area contributed by atoms with Crippen LogP contribution in [0, 0.1) is 20.8 Å². The molecular formula is C27H26N2O3. The van der Waals surface area contributed by atoms with Gasteiger partial charge >= 0.3 is 0 Å². The predicted octanol–water partition coefficient (Wildman–Crippen LogP) is 5.31. The molecule has 1 amide bonds. The van der Waals surface area contributed by atoms with Gasteiger partial charge in [-0.15, -0.1) is 0 Å². The van der Waals surface area contributed by atoms with Gasteiger partial charge in [-0.25, -0.2) is 0 Å². The lowest BCUT2D eigenvalue weighted by Crippen LogP contribution is -2.33. The number of benzene rings is 3. The second-order valence-corrected chi connectivity index (χ2v) is 8.01. The molecule has 4 rings (SSSR count). The van der Waals surface area contributed by atoms with Crippen molar-refractivity contribution in [3.63, 3.8) is 0 Å². The van der Waals surface area contributed by atoms with Crippen LogP contribution in [0.1, 0.15) is 32.6 Å². The van der Waals surface area contributed by atoms with Crippen LogP contribution in [0.4, 0.5) is 5.69 Å². The number of aromatic nitrogens is 1. The molecule has 0 atom stereocenters. The Morgan fingerprint density at radius 3 is 2.44 bits per heavy atom. The van der Waals surface area contributed by atoms with Gasteiger partial charge in [0.2, 0.25) is 0 Å². The quantitative estimate of drug-likeness (QED) is 0.470. The average molecular weight is 427 g/mol. The van der Waals surface area contributed by atoms with Gasteiger partial charge in [-0.2, -0.15) is 0 Å². The summed E-state index contributed by atoms with van der Waals surface area (Å²) in [6.45, 7) is 6.12. The summed E-state index contributed by atoms with van der Waals surface area (Å²) in [6.07, 6.45) is 0. The Labute approximate surface area is 187 Å². The van der Waals surface area contributed by atoms with Crippen LogP contribution < -0.4 is 15.2 Å². The van der Waals surface area contributed by atoms with Crippen molar-refractivity contribution in [1.82, 2.24) is 4.98 Å². The first-order valence-electron chi connectivity index (χ1n) is 10.5. The van der Waals surface area contributed by atoms with Gasteiger partial charge < -0.3 is 14.6 Å². The van der Waals surface area contributed by atoms with Crippen molar-refractivity contribution >= 4 is 22.5 Å². The molecule has 0 spiro atoms. The van der Waals surface area contributed by atoms with E-state index in [9.17, 15) is 9.59 Å². The van der Waals surface area contributed by atoms with Crippen molar-refractivity contribution in [2.75, 3.05) is 12.0 Å². The van der Waals surface area contributed by atoms with E-state index in [0.29, 0.717) is 16.9 Å². The molecule has 5 heteroatoms. The fourth-order valence-electron chi connectivity index (χ4n) is 3.92. The number of anilines is 1. The molecule has 0 aliphatic heterocycles. The number of aromatic amines is 1. The highest BCUT2D eigenvalue weighted by molar-refractivity contribution is 6.06. The van der Waals surface area contributed by atoms with Crippen molar-refractivity contribution in [1.29, 1.82) is 0 Å². The predicted molar refractivity (Wildman–Crippen MR) is 129 cm³/mol. The van der Waals surface area contributed by atoms with E-state index in [4.69, 9.17) is 4.74 Å². The molecule has 0 radical (unpaired) electrons. The van der Waals surface area contributed by atoms with Crippen LogP contribution in [0.5, 0.6) is 5.75 Å². The summed E-state index contributed by atoms with van der Waals surface area (Å²) in [5.41, 5.74) is 5.51. The lowest BCUT2D eigenvalue weighted by molar-refractivity contribution is 0.0984. The monoisotopic (exact) mass is 426 g/mol. The number of hydrogen-bond acceptors (Lipinski definition) is 3. The molecule has 0 aliphatic carbocycles. The van der Waals surface area contributed by atoms with Gasteiger partial charge in [0.1, 0.15) is 5.75 Å². The minimum Gasteiger partial charge on any atom is -0.497 e. The van der Waals surface area contributed by atoms with Crippen molar-refractivity contribution in [2.24, 2.45) is 0 Å². The van der Waals surface area contributed by atoms with E-state index in [0.717, 1.165) is 33.3 Å². The molecule has 1 aromatic heterocycles. The van der Waals surface area contributed by atoms with Gasteiger partial charge in [-0.3, -0.25) is 9.59 Å². The van der Waals surface area contributed by atoms with Gasteiger partial charge in [0.15, 0.2) is 0 Å². The Bertz CT molecular complexity index is 1370. The highest BCUT2D eigenvalue weighted by atomic mass is 16.5. The molecule has 32 heavy (non-hydrogen) atoms. The van der Waals surface area contributed by atoms with Crippen molar-refractivity contribution in [2.45, 2.75) is 27.3 Å².